The zero-order valence-corrected chi connectivity index (χ0v) is 14.2. The van der Waals surface area contributed by atoms with E-state index in [2.05, 4.69) is 5.32 Å². The number of benzene rings is 2. The summed E-state index contributed by atoms with van der Waals surface area (Å²) in [4.78, 5) is 25.2. The Balaban J connectivity index is 2.10. The highest BCUT2D eigenvalue weighted by Gasteiger charge is 2.19. The predicted molar refractivity (Wildman–Crippen MR) is 92.6 cm³/mol. The third-order valence-electron chi connectivity index (χ3n) is 3.23. The molecule has 3 N–H and O–H groups in total. The number of hydrogen-bond donors (Lipinski definition) is 2. The molecule has 9 heteroatoms. The lowest BCUT2D eigenvalue weighted by molar-refractivity contribution is -0.114. The minimum absolute atomic E-state index is 0.0639. The molecule has 2 aromatic rings. The number of anilines is 2. The largest absolute Gasteiger partial charge is 0.452 e. The van der Waals surface area contributed by atoms with Crippen LogP contribution in [0.4, 0.5) is 16.2 Å². The maximum Gasteiger partial charge on any atom is 0.414 e. The molecule has 2 aromatic carbocycles. The van der Waals surface area contributed by atoms with Crippen molar-refractivity contribution < 1.29 is 22.7 Å². The number of nitrogens with two attached hydrogens (primary N) is 1. The van der Waals surface area contributed by atoms with Gasteiger partial charge in [0.2, 0.25) is 15.9 Å². The minimum Gasteiger partial charge on any atom is -0.452 e. The topological polar surface area (TPSA) is 119 Å². The molecule has 0 bridgehead atoms. The number of rotatable bonds is 5. The van der Waals surface area contributed by atoms with E-state index in [4.69, 9.17) is 9.88 Å². The lowest BCUT2D eigenvalue weighted by Crippen LogP contribution is -2.38. The van der Waals surface area contributed by atoms with Crippen molar-refractivity contribution in [1.29, 1.82) is 0 Å². The Morgan fingerprint density at radius 1 is 1.08 bits per heavy atom. The van der Waals surface area contributed by atoms with Gasteiger partial charge in [-0.15, -0.1) is 0 Å². The molecular formula is C16H17N3O5S. The molecule has 132 valence electrons. The van der Waals surface area contributed by atoms with E-state index in [-0.39, 0.29) is 11.4 Å². The molecule has 0 saturated heterocycles. The number of sulfonamides is 1. The summed E-state index contributed by atoms with van der Waals surface area (Å²) in [5, 5.41) is 7.59. The number of carbonyl (C=O) groups excluding carboxylic acids is 2. The lowest BCUT2D eigenvalue weighted by atomic mass is 10.3. The Morgan fingerprint density at radius 2 is 1.68 bits per heavy atom. The number of para-hydroxylation sites is 1. The van der Waals surface area contributed by atoms with Crippen LogP contribution in [0.3, 0.4) is 0 Å². The Labute approximate surface area is 145 Å². The van der Waals surface area contributed by atoms with E-state index < -0.39 is 22.0 Å². The summed E-state index contributed by atoms with van der Waals surface area (Å²) in [6.45, 7) is -0.270. The number of methoxy groups -OCH3 is 1. The maximum atomic E-state index is 12.2. The minimum atomic E-state index is -3.80. The summed E-state index contributed by atoms with van der Waals surface area (Å²) in [6.07, 6.45) is -0.675. The molecule has 0 heterocycles. The van der Waals surface area contributed by atoms with E-state index in [0.29, 0.717) is 11.4 Å². The van der Waals surface area contributed by atoms with Gasteiger partial charge >= 0.3 is 6.09 Å². The fraction of sp³-hybridized carbons (Fsp3) is 0.125. The number of amides is 2. The Morgan fingerprint density at radius 3 is 2.20 bits per heavy atom. The van der Waals surface area contributed by atoms with Crippen molar-refractivity contribution in [2.45, 2.75) is 4.90 Å². The SMILES string of the molecule is COC(=O)N(CC(=O)Nc1ccc(S(N)(=O)=O)cc1)c1ccccc1. The second-order valence-electron chi connectivity index (χ2n) is 5.01. The van der Waals surface area contributed by atoms with Crippen LogP contribution in [0.25, 0.3) is 0 Å². The zero-order chi connectivity index (χ0) is 18.4. The van der Waals surface area contributed by atoms with Gasteiger partial charge in [0.15, 0.2) is 0 Å². The number of nitrogens with zero attached hydrogens (tertiary/aromatic N) is 1. The maximum absolute atomic E-state index is 12.2. The van der Waals surface area contributed by atoms with Gasteiger partial charge in [0.1, 0.15) is 6.54 Å². The summed E-state index contributed by atoms with van der Waals surface area (Å²) in [5.74, 6) is -0.474. The number of primary sulfonamides is 1. The average molecular weight is 363 g/mol. The highest BCUT2D eigenvalue weighted by Crippen LogP contribution is 2.16. The second-order valence-corrected chi connectivity index (χ2v) is 6.57. The molecule has 8 nitrogen and oxygen atoms in total. The first kappa shape index (κ1) is 18.4. The first-order valence-electron chi connectivity index (χ1n) is 7.14. The number of carbonyl (C=O) groups is 2. The zero-order valence-electron chi connectivity index (χ0n) is 13.4. The Kier molecular flexibility index (Phi) is 5.73. The molecule has 0 spiro atoms. The Bertz CT molecular complexity index is 851. The van der Waals surface area contributed by atoms with Crippen molar-refractivity contribution in [3.63, 3.8) is 0 Å². The molecular weight excluding hydrogens is 346 g/mol. The van der Waals surface area contributed by atoms with Gasteiger partial charge in [-0.1, -0.05) is 18.2 Å². The van der Waals surface area contributed by atoms with Gasteiger partial charge in [-0.2, -0.15) is 0 Å². The summed E-state index contributed by atoms with van der Waals surface area (Å²) < 4.78 is 27.1. The van der Waals surface area contributed by atoms with Crippen molar-refractivity contribution in [2.24, 2.45) is 5.14 Å². The molecule has 2 rings (SSSR count). The van der Waals surface area contributed by atoms with Crippen LogP contribution in [0.1, 0.15) is 0 Å². The third kappa shape index (κ3) is 5.03. The highest BCUT2D eigenvalue weighted by molar-refractivity contribution is 7.89. The fourth-order valence-corrected chi connectivity index (χ4v) is 2.57. The second kappa shape index (κ2) is 7.77. The van der Waals surface area contributed by atoms with Crippen LogP contribution in [-0.2, 0) is 19.6 Å². The fourth-order valence-electron chi connectivity index (χ4n) is 2.05. The van der Waals surface area contributed by atoms with E-state index in [1.165, 1.54) is 36.3 Å². The standard InChI is InChI=1S/C16H17N3O5S/c1-24-16(21)19(13-5-3-2-4-6-13)11-15(20)18-12-7-9-14(10-8-12)25(17,22)23/h2-10H,11H2,1H3,(H,18,20)(H2,17,22,23). The van der Waals surface area contributed by atoms with Gasteiger partial charge in [0.25, 0.3) is 0 Å². The molecule has 0 atom stereocenters. The first-order chi connectivity index (χ1) is 11.8. The van der Waals surface area contributed by atoms with E-state index in [1.807, 2.05) is 0 Å². The number of nitrogens with one attached hydrogen (secondary N) is 1. The van der Waals surface area contributed by atoms with Gasteiger partial charge in [-0.05, 0) is 36.4 Å². The first-order valence-corrected chi connectivity index (χ1v) is 8.69. The summed E-state index contributed by atoms with van der Waals surface area (Å²) in [7, 11) is -2.58. The molecule has 0 saturated carbocycles. The van der Waals surface area contributed by atoms with Crippen LogP contribution in [0.15, 0.2) is 59.5 Å². The van der Waals surface area contributed by atoms with E-state index in [1.54, 1.807) is 30.3 Å². The number of ether oxygens (including phenoxy) is 1. The van der Waals surface area contributed by atoms with Crippen molar-refractivity contribution >= 4 is 33.4 Å². The quantitative estimate of drug-likeness (QED) is 0.835. The van der Waals surface area contributed by atoms with Crippen molar-refractivity contribution in [2.75, 3.05) is 23.9 Å². The molecule has 0 aliphatic heterocycles. The molecule has 0 radical (unpaired) electrons. The Hall–Kier alpha value is -2.91. The smallest absolute Gasteiger partial charge is 0.414 e. The van der Waals surface area contributed by atoms with Crippen molar-refractivity contribution in [3.8, 4) is 0 Å². The van der Waals surface area contributed by atoms with Gasteiger partial charge in [-0.25, -0.2) is 18.4 Å². The van der Waals surface area contributed by atoms with Crippen LogP contribution >= 0.6 is 0 Å². The lowest BCUT2D eigenvalue weighted by Gasteiger charge is -2.20. The molecule has 0 unspecified atom stereocenters. The van der Waals surface area contributed by atoms with Crippen LogP contribution in [0, 0.1) is 0 Å². The van der Waals surface area contributed by atoms with Gasteiger partial charge < -0.3 is 10.1 Å². The van der Waals surface area contributed by atoms with Gasteiger partial charge in [-0.3, -0.25) is 9.69 Å². The summed E-state index contributed by atoms with van der Waals surface area (Å²) >= 11 is 0. The summed E-state index contributed by atoms with van der Waals surface area (Å²) in [6, 6.07) is 14.0. The monoisotopic (exact) mass is 363 g/mol. The molecule has 0 aliphatic carbocycles. The van der Waals surface area contributed by atoms with Gasteiger partial charge in [0.05, 0.1) is 12.0 Å². The van der Waals surface area contributed by atoms with E-state index in [0.717, 1.165) is 0 Å². The molecule has 0 aliphatic rings. The molecule has 0 fully saturated rings. The van der Waals surface area contributed by atoms with Crippen LogP contribution in [-0.4, -0.2) is 34.1 Å². The molecule has 2 amide bonds. The summed E-state index contributed by atoms with van der Waals surface area (Å²) in [5.41, 5.74) is 0.879. The average Bonchev–Trinajstić information content (AvgIpc) is 2.59. The number of hydrogen-bond acceptors (Lipinski definition) is 5. The predicted octanol–water partition coefficient (Wildman–Crippen LogP) is 1.55. The molecule has 0 aromatic heterocycles. The van der Waals surface area contributed by atoms with Gasteiger partial charge in [0, 0.05) is 11.4 Å². The van der Waals surface area contributed by atoms with E-state index in [9.17, 15) is 18.0 Å². The normalized spacial score (nSPS) is 10.8. The van der Waals surface area contributed by atoms with Crippen molar-refractivity contribution in [3.05, 3.63) is 54.6 Å². The third-order valence-corrected chi connectivity index (χ3v) is 4.16. The highest BCUT2D eigenvalue weighted by atomic mass is 32.2. The van der Waals surface area contributed by atoms with Crippen LogP contribution in [0.5, 0.6) is 0 Å². The van der Waals surface area contributed by atoms with E-state index >= 15 is 0 Å². The van der Waals surface area contributed by atoms with Crippen LogP contribution in [0.2, 0.25) is 0 Å². The van der Waals surface area contributed by atoms with Crippen LogP contribution < -0.4 is 15.4 Å². The van der Waals surface area contributed by atoms with Crippen molar-refractivity contribution in [1.82, 2.24) is 0 Å². The molecule has 25 heavy (non-hydrogen) atoms.